The quantitative estimate of drug-likeness (QED) is 0.767. The highest BCUT2D eigenvalue weighted by atomic mass is 16.6. The van der Waals surface area contributed by atoms with Crippen LogP contribution in [0.3, 0.4) is 0 Å². The van der Waals surface area contributed by atoms with Gasteiger partial charge in [-0.25, -0.2) is 9.69 Å². The van der Waals surface area contributed by atoms with Gasteiger partial charge < -0.3 is 20.3 Å². The fraction of sp³-hybridized carbons (Fsp3) is 0.650. The maximum absolute atomic E-state index is 12.2. The number of carbonyl (C=O) groups is 1. The Morgan fingerprint density at radius 3 is 2.15 bits per heavy atom. The van der Waals surface area contributed by atoms with Crippen LogP contribution < -0.4 is 5.32 Å². The van der Waals surface area contributed by atoms with Crippen molar-refractivity contribution in [3.8, 4) is 0 Å². The number of amides is 1. The minimum Gasteiger partial charge on any atom is -0.444 e. The predicted molar refractivity (Wildman–Crippen MR) is 98.2 cm³/mol. The summed E-state index contributed by atoms with van der Waals surface area (Å²) in [6, 6.07) is 6.96. The first-order valence-electron chi connectivity index (χ1n) is 9.41. The van der Waals surface area contributed by atoms with Crippen LogP contribution >= 0.6 is 0 Å². The Morgan fingerprint density at radius 1 is 1.19 bits per heavy atom. The summed E-state index contributed by atoms with van der Waals surface area (Å²) >= 11 is 0. The molecule has 4 atom stereocenters. The molecule has 1 saturated carbocycles. The minimum atomic E-state index is -0.880. The van der Waals surface area contributed by atoms with E-state index in [1.165, 1.54) is 0 Å². The number of ether oxygens (including phenoxy) is 1. The Hall–Kier alpha value is -1.63. The van der Waals surface area contributed by atoms with Gasteiger partial charge in [-0.2, -0.15) is 0 Å². The van der Waals surface area contributed by atoms with Crippen LogP contribution in [0.1, 0.15) is 70.5 Å². The molecule has 6 heteroatoms. The predicted octanol–water partition coefficient (Wildman–Crippen LogP) is 3.07. The second-order valence-corrected chi connectivity index (χ2v) is 8.44. The molecule has 6 nitrogen and oxygen atoms in total. The molecule has 0 saturated heterocycles. The number of nitrogens with one attached hydrogen (secondary N) is 1. The first kappa shape index (κ1) is 19.1. The molecule has 0 spiro atoms. The van der Waals surface area contributed by atoms with Gasteiger partial charge in [0, 0.05) is 23.2 Å². The Balaban J connectivity index is 1.80. The first-order valence-corrected chi connectivity index (χ1v) is 9.41. The van der Waals surface area contributed by atoms with Crippen LogP contribution in [0.2, 0.25) is 0 Å². The molecule has 1 aromatic carbocycles. The van der Waals surface area contributed by atoms with Crippen LogP contribution in [0.4, 0.5) is 4.79 Å². The SMILES string of the molecule is C[C@H](NC(=O)OC(C)(C)C)[C@@H](C1CCC1)N1C(O)c2ccccc2C1O. The summed E-state index contributed by atoms with van der Waals surface area (Å²) in [6.07, 6.45) is 0.946. The standard InChI is InChI=1S/C20H30N2O4/c1-12(21-19(25)26-20(2,3)4)16(13-8-7-9-13)22-17(23)14-10-5-6-11-15(14)18(22)24/h5-6,10-13,16-18,23-24H,7-9H2,1-4H3,(H,21,25)/t12-,16-,17?,18?/m0/s1. The number of hydrogen-bond acceptors (Lipinski definition) is 5. The topological polar surface area (TPSA) is 82.0 Å². The van der Waals surface area contributed by atoms with Gasteiger partial charge in [0.25, 0.3) is 0 Å². The lowest BCUT2D eigenvalue weighted by Crippen LogP contribution is -2.56. The number of nitrogens with zero attached hydrogens (tertiary/aromatic N) is 1. The van der Waals surface area contributed by atoms with Crippen molar-refractivity contribution < 1.29 is 19.7 Å². The molecule has 1 aliphatic carbocycles. The summed E-state index contributed by atoms with van der Waals surface area (Å²) < 4.78 is 5.37. The number of benzene rings is 1. The molecule has 1 heterocycles. The van der Waals surface area contributed by atoms with Crippen molar-refractivity contribution in [2.75, 3.05) is 0 Å². The van der Waals surface area contributed by atoms with Crippen molar-refractivity contribution in [1.29, 1.82) is 0 Å². The molecular formula is C20H30N2O4. The molecule has 26 heavy (non-hydrogen) atoms. The fourth-order valence-electron chi connectivity index (χ4n) is 4.03. The molecular weight excluding hydrogens is 332 g/mol. The number of rotatable bonds is 4. The lowest BCUT2D eigenvalue weighted by atomic mass is 9.76. The third-order valence-corrected chi connectivity index (χ3v) is 5.35. The highest BCUT2D eigenvalue weighted by molar-refractivity contribution is 5.68. The zero-order valence-corrected chi connectivity index (χ0v) is 16.0. The summed E-state index contributed by atoms with van der Waals surface area (Å²) in [5.74, 6) is 0.318. The van der Waals surface area contributed by atoms with Crippen LogP contribution in [0.5, 0.6) is 0 Å². The average molecular weight is 362 g/mol. The Bertz CT molecular complexity index is 624. The summed E-state index contributed by atoms with van der Waals surface area (Å²) in [5.41, 5.74) is 0.890. The Morgan fingerprint density at radius 2 is 1.73 bits per heavy atom. The van der Waals surface area contributed by atoms with Gasteiger partial charge in [0.1, 0.15) is 18.1 Å². The van der Waals surface area contributed by atoms with Crippen LogP contribution in [0.25, 0.3) is 0 Å². The summed E-state index contributed by atoms with van der Waals surface area (Å²) in [6.45, 7) is 7.39. The molecule has 2 unspecified atom stereocenters. The van der Waals surface area contributed by atoms with E-state index >= 15 is 0 Å². The molecule has 1 aliphatic heterocycles. The van der Waals surface area contributed by atoms with Crippen molar-refractivity contribution in [1.82, 2.24) is 10.2 Å². The van der Waals surface area contributed by atoms with Crippen LogP contribution in [0.15, 0.2) is 24.3 Å². The zero-order valence-electron chi connectivity index (χ0n) is 16.0. The number of hydrogen-bond donors (Lipinski definition) is 3. The molecule has 144 valence electrons. The second-order valence-electron chi connectivity index (χ2n) is 8.44. The van der Waals surface area contributed by atoms with Crippen molar-refractivity contribution in [3.05, 3.63) is 35.4 Å². The maximum atomic E-state index is 12.2. The van der Waals surface area contributed by atoms with Gasteiger partial charge in [0.05, 0.1) is 0 Å². The molecule has 0 radical (unpaired) electrons. The zero-order chi connectivity index (χ0) is 19.1. The van der Waals surface area contributed by atoms with Crippen molar-refractivity contribution >= 4 is 6.09 Å². The smallest absolute Gasteiger partial charge is 0.407 e. The van der Waals surface area contributed by atoms with E-state index in [9.17, 15) is 15.0 Å². The lowest BCUT2D eigenvalue weighted by Gasteiger charge is -2.45. The largest absolute Gasteiger partial charge is 0.444 e. The number of alkyl carbamates (subject to hydrolysis) is 1. The second kappa shape index (κ2) is 7.18. The molecule has 1 aromatic rings. The van der Waals surface area contributed by atoms with E-state index in [1.807, 2.05) is 52.0 Å². The number of carbonyl (C=O) groups excluding carboxylic acids is 1. The molecule has 3 N–H and O–H groups in total. The summed E-state index contributed by atoms with van der Waals surface area (Å²) in [7, 11) is 0. The van der Waals surface area contributed by atoms with Crippen LogP contribution in [0, 0.1) is 5.92 Å². The van der Waals surface area contributed by atoms with Crippen LogP contribution in [-0.4, -0.2) is 38.9 Å². The first-order chi connectivity index (χ1) is 12.2. The molecule has 3 rings (SSSR count). The van der Waals surface area contributed by atoms with Gasteiger partial charge in [-0.1, -0.05) is 30.7 Å². The Labute approximate surface area is 155 Å². The van der Waals surface area contributed by atoms with Gasteiger partial charge in [-0.3, -0.25) is 0 Å². The lowest BCUT2D eigenvalue weighted by molar-refractivity contribution is -0.135. The molecule has 0 aromatic heterocycles. The van der Waals surface area contributed by atoms with E-state index in [0.29, 0.717) is 5.92 Å². The molecule has 2 aliphatic rings. The number of aliphatic hydroxyl groups is 2. The molecule has 1 fully saturated rings. The van der Waals surface area contributed by atoms with Gasteiger partial charge >= 0.3 is 6.09 Å². The fourth-order valence-corrected chi connectivity index (χ4v) is 4.03. The van der Waals surface area contributed by atoms with Crippen LogP contribution in [-0.2, 0) is 4.74 Å². The average Bonchev–Trinajstić information content (AvgIpc) is 2.73. The van der Waals surface area contributed by atoms with E-state index in [2.05, 4.69) is 5.32 Å². The monoisotopic (exact) mass is 362 g/mol. The van der Waals surface area contributed by atoms with Crippen molar-refractivity contribution in [2.24, 2.45) is 5.92 Å². The van der Waals surface area contributed by atoms with E-state index in [1.54, 1.807) is 4.90 Å². The normalized spacial score (nSPS) is 25.9. The van der Waals surface area contributed by atoms with Crippen molar-refractivity contribution in [2.45, 2.75) is 77.1 Å². The summed E-state index contributed by atoms with van der Waals surface area (Å²) in [5, 5.41) is 24.6. The van der Waals surface area contributed by atoms with Gasteiger partial charge in [0.15, 0.2) is 0 Å². The van der Waals surface area contributed by atoms with E-state index in [4.69, 9.17) is 4.74 Å². The Kier molecular flexibility index (Phi) is 5.28. The van der Waals surface area contributed by atoms with E-state index < -0.39 is 24.2 Å². The van der Waals surface area contributed by atoms with E-state index in [0.717, 1.165) is 30.4 Å². The number of aliphatic hydroxyl groups excluding tert-OH is 2. The minimum absolute atomic E-state index is 0.173. The highest BCUT2D eigenvalue weighted by Crippen LogP contribution is 2.45. The van der Waals surface area contributed by atoms with Gasteiger partial charge in [-0.15, -0.1) is 0 Å². The van der Waals surface area contributed by atoms with Gasteiger partial charge in [0.2, 0.25) is 0 Å². The van der Waals surface area contributed by atoms with E-state index in [-0.39, 0.29) is 12.1 Å². The molecule has 1 amide bonds. The highest BCUT2D eigenvalue weighted by Gasteiger charge is 2.46. The third kappa shape index (κ3) is 3.72. The van der Waals surface area contributed by atoms with Gasteiger partial charge in [-0.05, 0) is 46.5 Å². The third-order valence-electron chi connectivity index (χ3n) is 5.35. The number of fused-ring (bicyclic) bond motifs is 1. The maximum Gasteiger partial charge on any atom is 0.407 e. The van der Waals surface area contributed by atoms with Crippen molar-refractivity contribution in [3.63, 3.8) is 0 Å². The molecule has 0 bridgehead atoms. The summed E-state index contributed by atoms with van der Waals surface area (Å²) in [4.78, 5) is 14.0.